The summed E-state index contributed by atoms with van der Waals surface area (Å²) in [6.45, 7) is 16.3. The van der Waals surface area contributed by atoms with E-state index in [1.165, 1.54) is 6.08 Å². The van der Waals surface area contributed by atoms with Crippen LogP contribution in [-0.2, 0) is 9.59 Å². The smallest absolute Gasteiger partial charge is 0.316 e. The lowest BCUT2D eigenvalue weighted by atomic mass is 9.97. The fraction of sp³-hybridized carbons (Fsp3) is 0.414. The molecule has 0 aliphatic carbocycles. The Labute approximate surface area is 208 Å². The minimum atomic E-state index is -0.642. The van der Waals surface area contributed by atoms with Gasteiger partial charge in [-0.3, -0.25) is 14.4 Å². The van der Waals surface area contributed by atoms with Crippen molar-refractivity contribution in [3.63, 3.8) is 0 Å². The second kappa shape index (κ2) is 10.9. The topological polar surface area (TPSA) is 78.9 Å². The van der Waals surface area contributed by atoms with E-state index in [2.05, 4.69) is 0 Å². The number of hydrogen-bond donors (Lipinski definition) is 0. The minimum Gasteiger partial charge on any atom is -0.490 e. The van der Waals surface area contributed by atoms with E-state index in [4.69, 9.17) is 14.2 Å². The van der Waals surface area contributed by atoms with E-state index >= 15 is 0 Å². The van der Waals surface area contributed by atoms with Crippen LogP contribution in [0.15, 0.2) is 42.5 Å². The van der Waals surface area contributed by atoms with Crippen molar-refractivity contribution in [1.82, 2.24) is 0 Å². The van der Waals surface area contributed by atoms with Crippen LogP contribution >= 0.6 is 0 Å². The molecule has 2 aromatic rings. The maximum Gasteiger partial charge on any atom is 0.316 e. The first-order valence-corrected chi connectivity index (χ1v) is 11.7. The Morgan fingerprint density at radius 1 is 0.800 bits per heavy atom. The van der Waals surface area contributed by atoms with Crippen LogP contribution in [-0.4, -0.2) is 23.8 Å². The first-order chi connectivity index (χ1) is 16.1. The molecule has 0 radical (unpaired) electrons. The molecule has 0 saturated carbocycles. The zero-order valence-corrected chi connectivity index (χ0v) is 22.1. The summed E-state index contributed by atoms with van der Waals surface area (Å²) in [5, 5.41) is 0. The van der Waals surface area contributed by atoms with Gasteiger partial charge in [-0.2, -0.15) is 0 Å². The van der Waals surface area contributed by atoms with Crippen molar-refractivity contribution in [3.05, 3.63) is 59.2 Å². The minimum absolute atomic E-state index is 0.116. The van der Waals surface area contributed by atoms with Crippen LogP contribution in [0.25, 0.3) is 6.08 Å². The molecule has 0 saturated heterocycles. The van der Waals surface area contributed by atoms with Crippen molar-refractivity contribution in [2.24, 2.45) is 10.8 Å². The average molecular weight is 481 g/mol. The highest BCUT2D eigenvalue weighted by atomic mass is 16.5. The van der Waals surface area contributed by atoms with Crippen molar-refractivity contribution in [2.45, 2.75) is 68.4 Å². The molecule has 2 aromatic carbocycles. The number of ketones is 1. The summed E-state index contributed by atoms with van der Waals surface area (Å²) in [5.41, 5.74) is 0.630. The molecule has 0 fully saturated rings. The Kier molecular flexibility index (Phi) is 8.66. The van der Waals surface area contributed by atoms with E-state index in [-0.39, 0.29) is 23.8 Å². The van der Waals surface area contributed by atoms with E-state index in [0.717, 1.165) is 5.56 Å². The SMILES string of the molecule is Cc1cc(C=CC(=O)c2ccc(OC(=O)C(C)(C)C)cc2)c(OC(C)C)cc1OC(=O)C(C)(C)C. The van der Waals surface area contributed by atoms with E-state index in [9.17, 15) is 14.4 Å². The summed E-state index contributed by atoms with van der Waals surface area (Å²) >= 11 is 0. The maximum absolute atomic E-state index is 12.7. The molecular weight excluding hydrogens is 444 g/mol. The number of carbonyl (C=O) groups excluding carboxylic acids is 3. The van der Waals surface area contributed by atoms with Crippen molar-refractivity contribution in [1.29, 1.82) is 0 Å². The number of hydrogen-bond acceptors (Lipinski definition) is 6. The lowest BCUT2D eigenvalue weighted by Crippen LogP contribution is -2.25. The number of allylic oxidation sites excluding steroid dienone is 1. The molecule has 6 heteroatoms. The first-order valence-electron chi connectivity index (χ1n) is 11.7. The fourth-order valence-corrected chi connectivity index (χ4v) is 2.75. The van der Waals surface area contributed by atoms with Crippen molar-refractivity contribution in [3.8, 4) is 17.2 Å². The first kappa shape index (κ1) is 27.8. The van der Waals surface area contributed by atoms with Gasteiger partial charge in [0.05, 0.1) is 16.9 Å². The molecule has 0 amide bonds. The van der Waals surface area contributed by atoms with Gasteiger partial charge in [0.2, 0.25) is 0 Å². The third kappa shape index (κ3) is 8.09. The van der Waals surface area contributed by atoms with Crippen LogP contribution in [0.5, 0.6) is 17.2 Å². The second-order valence-electron chi connectivity index (χ2n) is 10.8. The van der Waals surface area contributed by atoms with Crippen LogP contribution in [0.2, 0.25) is 0 Å². The molecule has 0 atom stereocenters. The molecule has 0 spiro atoms. The van der Waals surface area contributed by atoms with Gasteiger partial charge in [0.25, 0.3) is 0 Å². The zero-order chi connectivity index (χ0) is 26.6. The molecular formula is C29H36O6. The Hall–Kier alpha value is -3.41. The highest BCUT2D eigenvalue weighted by Gasteiger charge is 2.25. The molecule has 6 nitrogen and oxygen atoms in total. The third-order valence-electron chi connectivity index (χ3n) is 4.86. The van der Waals surface area contributed by atoms with Gasteiger partial charge in [-0.15, -0.1) is 0 Å². The van der Waals surface area contributed by atoms with E-state index in [0.29, 0.717) is 28.4 Å². The number of carbonyl (C=O) groups is 3. The highest BCUT2D eigenvalue weighted by molar-refractivity contribution is 6.07. The molecule has 0 aromatic heterocycles. The molecule has 35 heavy (non-hydrogen) atoms. The monoisotopic (exact) mass is 480 g/mol. The van der Waals surface area contributed by atoms with Crippen LogP contribution in [0.4, 0.5) is 0 Å². The van der Waals surface area contributed by atoms with Crippen molar-refractivity contribution >= 4 is 23.8 Å². The van der Waals surface area contributed by atoms with E-state index < -0.39 is 10.8 Å². The molecule has 0 heterocycles. The molecule has 0 aliphatic heterocycles. The Morgan fingerprint density at radius 2 is 1.34 bits per heavy atom. The van der Waals surface area contributed by atoms with Crippen LogP contribution < -0.4 is 14.2 Å². The summed E-state index contributed by atoms with van der Waals surface area (Å²) in [6, 6.07) is 9.93. The van der Waals surface area contributed by atoms with Gasteiger partial charge < -0.3 is 14.2 Å². The van der Waals surface area contributed by atoms with E-state index in [1.54, 1.807) is 78.0 Å². The molecule has 0 bridgehead atoms. The summed E-state index contributed by atoms with van der Waals surface area (Å²) in [6.07, 6.45) is 3.02. The summed E-state index contributed by atoms with van der Waals surface area (Å²) in [7, 11) is 0. The number of rotatable bonds is 7. The molecule has 0 unspecified atom stereocenters. The molecule has 0 aliphatic rings. The Bertz CT molecular complexity index is 1110. The van der Waals surface area contributed by atoms with Gasteiger partial charge in [0.15, 0.2) is 5.78 Å². The normalized spacial score (nSPS) is 12.1. The highest BCUT2D eigenvalue weighted by Crippen LogP contribution is 2.32. The van der Waals surface area contributed by atoms with Crippen molar-refractivity contribution < 1.29 is 28.6 Å². The van der Waals surface area contributed by atoms with Gasteiger partial charge in [0.1, 0.15) is 17.2 Å². The number of benzene rings is 2. The maximum atomic E-state index is 12.7. The molecule has 0 N–H and O–H groups in total. The second-order valence-corrected chi connectivity index (χ2v) is 10.8. The van der Waals surface area contributed by atoms with Gasteiger partial charge in [-0.1, -0.05) is 0 Å². The standard InChI is InChI=1S/C29H36O6/c1-18(2)33-25-17-24(35-27(32)29(7,8)9)19(3)16-21(25)12-15-23(30)20-10-13-22(14-11-20)34-26(31)28(4,5)6/h10-18H,1-9H3. The number of aryl methyl sites for hydroxylation is 1. The van der Waals surface area contributed by atoms with Gasteiger partial charge in [0, 0.05) is 17.2 Å². The fourth-order valence-electron chi connectivity index (χ4n) is 2.75. The Morgan fingerprint density at radius 3 is 1.86 bits per heavy atom. The van der Waals surface area contributed by atoms with Gasteiger partial charge in [-0.25, -0.2) is 0 Å². The molecule has 2 rings (SSSR count). The van der Waals surface area contributed by atoms with Crippen LogP contribution in [0, 0.1) is 17.8 Å². The summed E-state index contributed by atoms with van der Waals surface area (Å²) in [4.78, 5) is 37.1. The van der Waals surface area contributed by atoms with E-state index in [1.807, 2.05) is 26.8 Å². The Balaban J connectivity index is 2.25. The van der Waals surface area contributed by atoms with Crippen LogP contribution in [0.1, 0.15) is 76.9 Å². The third-order valence-corrected chi connectivity index (χ3v) is 4.86. The molecule has 188 valence electrons. The van der Waals surface area contributed by atoms with Crippen molar-refractivity contribution in [2.75, 3.05) is 0 Å². The van der Waals surface area contributed by atoms with Gasteiger partial charge in [-0.05, 0) is 110 Å². The summed E-state index contributed by atoms with van der Waals surface area (Å²) in [5.74, 6) is 0.414. The predicted molar refractivity (Wildman–Crippen MR) is 137 cm³/mol. The average Bonchev–Trinajstić information content (AvgIpc) is 2.73. The number of esters is 2. The predicted octanol–water partition coefficient (Wildman–Crippen LogP) is 6.58. The lowest BCUT2D eigenvalue weighted by Gasteiger charge is -2.19. The lowest BCUT2D eigenvalue weighted by molar-refractivity contribution is -0.143. The summed E-state index contributed by atoms with van der Waals surface area (Å²) < 4.78 is 16.9. The zero-order valence-electron chi connectivity index (χ0n) is 22.1. The number of ether oxygens (including phenoxy) is 3. The van der Waals surface area contributed by atoms with Gasteiger partial charge >= 0.3 is 11.9 Å². The largest absolute Gasteiger partial charge is 0.490 e. The van der Waals surface area contributed by atoms with Crippen LogP contribution in [0.3, 0.4) is 0 Å². The quantitative estimate of drug-likeness (QED) is 0.193.